The van der Waals surface area contributed by atoms with Crippen LogP contribution >= 0.6 is 43.5 Å². The lowest BCUT2D eigenvalue weighted by Crippen LogP contribution is -2.12. The Bertz CT molecular complexity index is 737. The first kappa shape index (κ1) is 15.9. The number of amides is 1. The number of nitro benzene ring substituents is 1. The molecule has 0 unspecified atom stereocenters. The van der Waals surface area contributed by atoms with Crippen molar-refractivity contribution in [2.24, 2.45) is 0 Å². The van der Waals surface area contributed by atoms with E-state index in [0.29, 0.717) is 19.7 Å². The molecule has 0 saturated carbocycles. The number of nitrogens with one attached hydrogen (secondary N) is 1. The van der Waals surface area contributed by atoms with Crippen LogP contribution in [0.5, 0.6) is 0 Å². The van der Waals surface area contributed by atoms with Gasteiger partial charge in [-0.05, 0) is 40.2 Å². The molecule has 0 fully saturated rings. The molecule has 1 N–H and O–H groups in total. The van der Waals surface area contributed by atoms with Crippen LogP contribution in [0.1, 0.15) is 10.4 Å². The van der Waals surface area contributed by atoms with Gasteiger partial charge >= 0.3 is 0 Å². The molecule has 0 spiro atoms. The van der Waals surface area contributed by atoms with Gasteiger partial charge in [0.1, 0.15) is 0 Å². The lowest BCUT2D eigenvalue weighted by molar-refractivity contribution is -0.384. The number of carbonyl (C=O) groups excluding carboxylic acids is 1. The molecule has 0 aromatic heterocycles. The smallest absolute Gasteiger partial charge is 0.271 e. The van der Waals surface area contributed by atoms with E-state index in [0.717, 1.165) is 0 Å². The quantitative estimate of drug-likeness (QED) is 0.544. The monoisotopic (exact) mass is 432 g/mol. The number of hydrogen-bond acceptors (Lipinski definition) is 3. The molecule has 0 heterocycles. The van der Waals surface area contributed by atoms with E-state index in [1.54, 1.807) is 18.2 Å². The van der Waals surface area contributed by atoms with E-state index in [4.69, 9.17) is 11.6 Å². The largest absolute Gasteiger partial charge is 0.321 e. The van der Waals surface area contributed by atoms with Gasteiger partial charge in [-0.15, -0.1) is 0 Å². The summed E-state index contributed by atoms with van der Waals surface area (Å²) in [6, 6.07) is 8.98. The average Bonchev–Trinajstić information content (AvgIpc) is 2.42. The van der Waals surface area contributed by atoms with Crippen molar-refractivity contribution in [1.29, 1.82) is 0 Å². The molecule has 0 radical (unpaired) electrons. The molecule has 0 atom stereocenters. The van der Waals surface area contributed by atoms with E-state index in [2.05, 4.69) is 37.2 Å². The Labute approximate surface area is 141 Å². The summed E-state index contributed by atoms with van der Waals surface area (Å²) in [5.74, 6) is -0.470. The van der Waals surface area contributed by atoms with Gasteiger partial charge in [0.2, 0.25) is 0 Å². The van der Waals surface area contributed by atoms with Gasteiger partial charge in [-0.25, -0.2) is 0 Å². The summed E-state index contributed by atoms with van der Waals surface area (Å²) >= 11 is 12.3. The van der Waals surface area contributed by atoms with Crippen molar-refractivity contribution in [3.8, 4) is 0 Å². The molecule has 0 aliphatic carbocycles. The van der Waals surface area contributed by atoms with Gasteiger partial charge in [0.25, 0.3) is 11.6 Å². The van der Waals surface area contributed by atoms with Crippen LogP contribution in [0.3, 0.4) is 0 Å². The van der Waals surface area contributed by atoms with Crippen molar-refractivity contribution in [3.63, 3.8) is 0 Å². The Hall–Kier alpha value is -1.44. The summed E-state index contributed by atoms with van der Waals surface area (Å²) in [5.41, 5.74) is 0.484. The van der Waals surface area contributed by atoms with E-state index in [-0.39, 0.29) is 11.3 Å². The zero-order valence-electron chi connectivity index (χ0n) is 10.3. The number of hydrogen-bond donors (Lipinski definition) is 1. The molecule has 0 bridgehead atoms. The molecule has 0 aliphatic rings. The van der Waals surface area contributed by atoms with E-state index in [1.165, 1.54) is 18.2 Å². The van der Waals surface area contributed by atoms with Crippen LogP contribution < -0.4 is 5.32 Å². The van der Waals surface area contributed by atoms with Crippen LogP contribution in [0.2, 0.25) is 5.02 Å². The van der Waals surface area contributed by atoms with E-state index < -0.39 is 10.8 Å². The molecule has 0 saturated heterocycles. The fourth-order valence-corrected chi connectivity index (χ4v) is 2.60. The normalized spacial score (nSPS) is 10.2. The van der Waals surface area contributed by atoms with E-state index >= 15 is 0 Å². The first-order valence-electron chi connectivity index (χ1n) is 5.58. The fraction of sp³-hybridized carbons (Fsp3) is 0. The predicted octanol–water partition coefficient (Wildman–Crippen LogP) is 5.03. The number of carbonyl (C=O) groups is 1. The van der Waals surface area contributed by atoms with Crippen molar-refractivity contribution < 1.29 is 9.72 Å². The maximum Gasteiger partial charge on any atom is 0.271 e. The van der Waals surface area contributed by atoms with Crippen LogP contribution in [0, 0.1) is 10.1 Å². The lowest BCUT2D eigenvalue weighted by Gasteiger charge is -2.08. The minimum atomic E-state index is -0.559. The minimum Gasteiger partial charge on any atom is -0.321 e. The summed E-state index contributed by atoms with van der Waals surface area (Å²) in [7, 11) is 0. The van der Waals surface area contributed by atoms with Crippen LogP contribution in [-0.4, -0.2) is 10.8 Å². The van der Waals surface area contributed by atoms with Crippen molar-refractivity contribution in [3.05, 3.63) is 66.0 Å². The van der Waals surface area contributed by atoms with Crippen LogP contribution in [-0.2, 0) is 0 Å². The minimum absolute atomic E-state index is 0.167. The Balaban J connectivity index is 2.32. The van der Waals surface area contributed by atoms with Crippen LogP contribution in [0.15, 0.2) is 45.3 Å². The van der Waals surface area contributed by atoms with Gasteiger partial charge in [-0.1, -0.05) is 27.5 Å². The molecule has 5 nitrogen and oxygen atoms in total. The van der Waals surface area contributed by atoms with Gasteiger partial charge in [0, 0.05) is 31.7 Å². The predicted molar refractivity (Wildman–Crippen MR) is 87.9 cm³/mol. The standard InChI is InChI=1S/C13H7Br2ClN2O3/c14-8-3-7(4-10(5-8)18(20)21)13(19)17-12-6-9(16)1-2-11(12)15/h1-6H,(H,17,19). The second-order valence-electron chi connectivity index (χ2n) is 4.03. The molecule has 2 aromatic carbocycles. The highest BCUT2D eigenvalue weighted by atomic mass is 79.9. The van der Waals surface area contributed by atoms with Gasteiger partial charge in [-0.3, -0.25) is 14.9 Å². The van der Waals surface area contributed by atoms with Crippen molar-refractivity contribution in [2.45, 2.75) is 0 Å². The summed E-state index contributed by atoms with van der Waals surface area (Å²) in [5, 5.41) is 13.9. The highest BCUT2D eigenvalue weighted by molar-refractivity contribution is 9.10. The number of nitrogens with zero attached hydrogens (tertiary/aromatic N) is 1. The highest BCUT2D eigenvalue weighted by Crippen LogP contribution is 2.27. The second-order valence-corrected chi connectivity index (χ2v) is 6.24. The first-order valence-corrected chi connectivity index (χ1v) is 7.54. The Morgan fingerprint density at radius 1 is 1.19 bits per heavy atom. The number of non-ortho nitro benzene ring substituents is 1. The fourth-order valence-electron chi connectivity index (χ4n) is 1.60. The first-order chi connectivity index (χ1) is 9.86. The van der Waals surface area contributed by atoms with Gasteiger partial charge in [-0.2, -0.15) is 0 Å². The Morgan fingerprint density at radius 2 is 1.90 bits per heavy atom. The third-order valence-electron chi connectivity index (χ3n) is 2.53. The van der Waals surface area contributed by atoms with Crippen LogP contribution in [0.4, 0.5) is 11.4 Å². The van der Waals surface area contributed by atoms with Crippen LogP contribution in [0.25, 0.3) is 0 Å². The summed E-state index contributed by atoms with van der Waals surface area (Å²) in [6.07, 6.45) is 0. The lowest BCUT2D eigenvalue weighted by atomic mass is 10.2. The molecule has 0 aliphatic heterocycles. The third kappa shape index (κ3) is 4.03. The second kappa shape index (κ2) is 6.55. The zero-order valence-corrected chi connectivity index (χ0v) is 14.2. The van der Waals surface area contributed by atoms with Gasteiger partial charge in [0.15, 0.2) is 0 Å². The maximum absolute atomic E-state index is 12.2. The summed E-state index contributed by atoms with van der Waals surface area (Å²) < 4.78 is 1.11. The third-order valence-corrected chi connectivity index (χ3v) is 3.92. The summed E-state index contributed by atoms with van der Waals surface area (Å²) in [6.45, 7) is 0. The Kier molecular flexibility index (Phi) is 4.97. The SMILES string of the molecule is O=C(Nc1cc(Cl)ccc1Br)c1cc(Br)cc([N+](=O)[O-])c1. The molecule has 1 amide bonds. The Morgan fingerprint density at radius 3 is 2.57 bits per heavy atom. The number of nitro groups is 1. The van der Waals surface area contributed by atoms with Crippen molar-refractivity contribution in [2.75, 3.05) is 5.32 Å². The molecular formula is C13H7Br2ClN2O3. The van der Waals surface area contributed by atoms with E-state index in [1.807, 2.05) is 0 Å². The molecule has 8 heteroatoms. The zero-order chi connectivity index (χ0) is 15.6. The number of halogens is 3. The maximum atomic E-state index is 12.2. The molecule has 2 aromatic rings. The summed E-state index contributed by atoms with van der Waals surface area (Å²) in [4.78, 5) is 22.4. The number of benzene rings is 2. The van der Waals surface area contributed by atoms with E-state index in [9.17, 15) is 14.9 Å². The van der Waals surface area contributed by atoms with Crippen molar-refractivity contribution in [1.82, 2.24) is 0 Å². The van der Waals surface area contributed by atoms with Crippen molar-refractivity contribution >= 4 is 60.7 Å². The topological polar surface area (TPSA) is 72.2 Å². The molecule has 21 heavy (non-hydrogen) atoms. The number of rotatable bonds is 3. The average molecular weight is 434 g/mol. The molecule has 108 valence electrons. The molecular weight excluding hydrogens is 427 g/mol. The number of anilines is 1. The molecule has 2 rings (SSSR count). The van der Waals surface area contributed by atoms with Gasteiger partial charge in [0.05, 0.1) is 10.6 Å². The highest BCUT2D eigenvalue weighted by Gasteiger charge is 2.15. The van der Waals surface area contributed by atoms with Gasteiger partial charge < -0.3 is 5.32 Å².